The largest absolute Gasteiger partial charge is 1.00 e. The number of hydrogen-bond donors (Lipinski definition) is 1. The number of rotatable bonds is 5. The van der Waals surface area contributed by atoms with Crippen molar-refractivity contribution in [3.63, 3.8) is 0 Å². The predicted octanol–water partition coefficient (Wildman–Crippen LogP) is -0.0821. The molecule has 2 N–H and O–H groups in total. The Labute approximate surface area is 168 Å². The maximum Gasteiger partial charge on any atom is 1.00 e. The topological polar surface area (TPSA) is 126 Å². The number of methoxy groups -OCH3 is 2. The van der Waals surface area contributed by atoms with Gasteiger partial charge in [-0.1, -0.05) is 0 Å². The van der Waals surface area contributed by atoms with Crippen LogP contribution in [0.5, 0.6) is 11.5 Å². The van der Waals surface area contributed by atoms with E-state index in [1.807, 2.05) is 0 Å². The summed E-state index contributed by atoms with van der Waals surface area (Å²) < 4.78 is 43.8. The van der Waals surface area contributed by atoms with Gasteiger partial charge in [0.15, 0.2) is 0 Å². The van der Waals surface area contributed by atoms with Gasteiger partial charge >= 0.3 is 29.6 Å². The van der Waals surface area contributed by atoms with Gasteiger partial charge in [0.1, 0.15) is 21.6 Å². The van der Waals surface area contributed by atoms with Crippen molar-refractivity contribution in [3.8, 4) is 11.5 Å². The fourth-order valence-corrected chi connectivity index (χ4v) is 2.68. The molecule has 0 fully saturated rings. The quantitative estimate of drug-likeness (QED) is 0.338. The van der Waals surface area contributed by atoms with E-state index in [0.29, 0.717) is 17.1 Å². The molecule has 0 spiro atoms. The summed E-state index contributed by atoms with van der Waals surface area (Å²) in [5.74, 6) is 0.404. The Kier molecular flexibility index (Phi) is 7.39. The molecule has 0 aliphatic heterocycles. The van der Waals surface area contributed by atoms with Crippen molar-refractivity contribution in [1.82, 2.24) is 0 Å². The average molecular weight is 373 g/mol. The van der Waals surface area contributed by atoms with Gasteiger partial charge in [0.2, 0.25) is 0 Å². The maximum atomic E-state index is 11.3. The molecule has 0 heterocycles. The van der Waals surface area contributed by atoms with Crippen LogP contribution in [-0.2, 0) is 10.1 Å². The molecule has 8 nitrogen and oxygen atoms in total. The van der Waals surface area contributed by atoms with Crippen LogP contribution in [-0.4, -0.2) is 27.2 Å². The van der Waals surface area contributed by atoms with Gasteiger partial charge in [-0.15, -0.1) is 0 Å². The van der Waals surface area contributed by atoms with Crippen molar-refractivity contribution in [3.05, 3.63) is 35.9 Å². The molecule has 2 aromatic carbocycles. The van der Waals surface area contributed by atoms with Gasteiger partial charge in [0, 0.05) is 6.07 Å². The normalized spacial score (nSPS) is 11.2. The molecule has 0 unspecified atom stereocenters. The number of benzene rings is 2. The Morgan fingerprint density at radius 1 is 1.04 bits per heavy atom. The van der Waals surface area contributed by atoms with Gasteiger partial charge in [-0.3, -0.25) is 0 Å². The molecule has 2 rings (SSSR count). The van der Waals surface area contributed by atoms with E-state index in [2.05, 4.69) is 10.2 Å². The van der Waals surface area contributed by atoms with E-state index in [1.54, 1.807) is 19.1 Å². The van der Waals surface area contributed by atoms with Crippen LogP contribution in [0.1, 0.15) is 5.56 Å². The van der Waals surface area contributed by atoms with Crippen molar-refractivity contribution in [2.24, 2.45) is 10.2 Å². The van der Waals surface area contributed by atoms with E-state index in [-0.39, 0.29) is 41.0 Å². The van der Waals surface area contributed by atoms with E-state index in [0.717, 1.165) is 11.6 Å². The third-order valence-corrected chi connectivity index (χ3v) is 4.10. The molecule has 25 heavy (non-hydrogen) atoms. The second kappa shape index (κ2) is 8.63. The number of azo groups is 1. The summed E-state index contributed by atoms with van der Waals surface area (Å²) in [6, 6.07) is 7.24. The van der Waals surface area contributed by atoms with E-state index in [9.17, 15) is 13.0 Å². The first kappa shape index (κ1) is 21.4. The first-order valence-electron chi connectivity index (χ1n) is 6.76. The first-order chi connectivity index (χ1) is 11.3. The number of anilines is 1. The third kappa shape index (κ3) is 5.16. The van der Waals surface area contributed by atoms with Gasteiger partial charge in [0.25, 0.3) is 0 Å². The fraction of sp³-hybridized carbons (Fsp3) is 0.200. The Bertz CT molecular complexity index is 900. The molecule has 0 aliphatic rings. The zero-order chi connectivity index (χ0) is 17.9. The summed E-state index contributed by atoms with van der Waals surface area (Å²) in [4.78, 5) is -0.493. The molecule has 0 aromatic heterocycles. The molecular formula is C15H16N3NaO5S. The Hall–Kier alpha value is -1.65. The summed E-state index contributed by atoms with van der Waals surface area (Å²) in [7, 11) is -1.93. The molecule has 0 radical (unpaired) electrons. The summed E-state index contributed by atoms with van der Waals surface area (Å²) in [5.41, 5.74) is 7.73. The van der Waals surface area contributed by atoms with Crippen LogP contribution in [0.25, 0.3) is 0 Å². The summed E-state index contributed by atoms with van der Waals surface area (Å²) in [5, 5.41) is 8.02. The minimum Gasteiger partial charge on any atom is -0.744 e. The van der Waals surface area contributed by atoms with Crippen LogP contribution >= 0.6 is 0 Å². The van der Waals surface area contributed by atoms with E-state index >= 15 is 0 Å². The predicted molar refractivity (Wildman–Crippen MR) is 87.3 cm³/mol. The number of aryl methyl sites for hydroxylation is 1. The molecule has 128 valence electrons. The molecular weight excluding hydrogens is 357 g/mol. The number of ether oxygens (including phenoxy) is 2. The standard InChI is InChI=1S/C15H17N3O5S.Na/c1-9-6-11(16)14(23-3)8-12(9)18-17-10-4-5-13(22-2)15(7-10)24(19,20)21;/h4-8H,16H2,1-3H3,(H,19,20,21);/q;+1/p-1. The molecule has 0 bridgehead atoms. The van der Waals surface area contributed by atoms with E-state index < -0.39 is 15.0 Å². The van der Waals surface area contributed by atoms with Gasteiger partial charge in [0.05, 0.1) is 36.2 Å². The maximum absolute atomic E-state index is 11.3. The van der Waals surface area contributed by atoms with Gasteiger partial charge < -0.3 is 19.8 Å². The van der Waals surface area contributed by atoms with Crippen molar-refractivity contribution >= 4 is 27.2 Å². The Balaban J connectivity index is 0.00000312. The number of nitrogen functional groups attached to an aromatic ring is 1. The van der Waals surface area contributed by atoms with Crippen LogP contribution < -0.4 is 44.8 Å². The third-order valence-electron chi connectivity index (χ3n) is 3.24. The molecule has 0 amide bonds. The monoisotopic (exact) mass is 373 g/mol. The second-order valence-electron chi connectivity index (χ2n) is 4.87. The van der Waals surface area contributed by atoms with Gasteiger partial charge in [-0.05, 0) is 36.8 Å². The van der Waals surface area contributed by atoms with Crippen molar-refractivity contribution in [1.29, 1.82) is 0 Å². The summed E-state index contributed by atoms with van der Waals surface area (Å²) in [6.45, 7) is 1.80. The van der Waals surface area contributed by atoms with Crippen molar-refractivity contribution in [2.75, 3.05) is 20.0 Å². The van der Waals surface area contributed by atoms with Crippen LogP contribution in [0.2, 0.25) is 0 Å². The summed E-state index contributed by atoms with van der Waals surface area (Å²) >= 11 is 0. The molecule has 2 aromatic rings. The summed E-state index contributed by atoms with van der Waals surface area (Å²) in [6.07, 6.45) is 0. The number of hydrogen-bond acceptors (Lipinski definition) is 8. The van der Waals surface area contributed by atoms with Gasteiger partial charge in [-0.2, -0.15) is 10.2 Å². The van der Waals surface area contributed by atoms with Crippen molar-refractivity contribution in [2.45, 2.75) is 11.8 Å². The number of nitrogens with two attached hydrogens (primary N) is 1. The zero-order valence-corrected chi connectivity index (χ0v) is 17.1. The van der Waals surface area contributed by atoms with Crippen LogP contribution in [0.3, 0.4) is 0 Å². The zero-order valence-electron chi connectivity index (χ0n) is 14.3. The smallest absolute Gasteiger partial charge is 0.744 e. The molecule has 10 heteroatoms. The second-order valence-corrected chi connectivity index (χ2v) is 6.22. The minimum absolute atomic E-state index is 0. The molecule has 0 aliphatic carbocycles. The first-order valence-corrected chi connectivity index (χ1v) is 8.17. The van der Waals surface area contributed by atoms with E-state index in [1.165, 1.54) is 26.4 Å². The van der Waals surface area contributed by atoms with Crippen LogP contribution in [0.15, 0.2) is 45.5 Å². The molecule has 0 atom stereocenters. The SMILES string of the molecule is COc1cc(N=Nc2ccc(OC)c(S(=O)(=O)[O-])c2)c(C)cc1N.[Na+]. The Morgan fingerprint density at radius 2 is 1.68 bits per heavy atom. The van der Waals surface area contributed by atoms with E-state index in [4.69, 9.17) is 15.2 Å². The average Bonchev–Trinajstić information content (AvgIpc) is 2.53. The van der Waals surface area contributed by atoms with Crippen LogP contribution in [0.4, 0.5) is 17.1 Å². The van der Waals surface area contributed by atoms with Gasteiger partial charge in [-0.25, -0.2) is 8.42 Å². The fourth-order valence-electron chi connectivity index (χ4n) is 2.02. The molecule has 0 saturated heterocycles. The molecule has 0 saturated carbocycles. The van der Waals surface area contributed by atoms with Crippen LogP contribution in [0, 0.1) is 6.92 Å². The minimum atomic E-state index is -4.69. The van der Waals surface area contributed by atoms with Crippen molar-refractivity contribution < 1.29 is 52.0 Å². The Morgan fingerprint density at radius 3 is 2.24 bits per heavy atom. The number of nitrogens with zero attached hydrogens (tertiary/aromatic N) is 2.